The second-order valence-corrected chi connectivity index (χ2v) is 6.85. The third kappa shape index (κ3) is 8.10. The second-order valence-electron chi connectivity index (χ2n) is 6.85. The maximum atomic E-state index is 11.7. The SMILES string of the molecule is C/C=C/CCNC1CCCCC1CNC(=O)OC(C)(C)C. The molecule has 1 fully saturated rings. The standard InChI is InChI=1S/C17H32N2O2/c1-5-6-9-12-18-15-11-8-7-10-14(15)13-19-16(20)21-17(2,3)4/h5-6,14-15,18H,7-13H2,1-4H3,(H,19,20)/b6-5+. The van der Waals surface area contributed by atoms with Crippen LogP contribution in [0.25, 0.3) is 0 Å². The van der Waals surface area contributed by atoms with Gasteiger partial charge in [-0.05, 0) is 59.4 Å². The molecule has 122 valence electrons. The Morgan fingerprint density at radius 2 is 2.00 bits per heavy atom. The van der Waals surface area contributed by atoms with Gasteiger partial charge in [0.2, 0.25) is 0 Å². The molecule has 0 aromatic carbocycles. The van der Waals surface area contributed by atoms with Gasteiger partial charge in [0.15, 0.2) is 0 Å². The third-order valence-corrected chi connectivity index (χ3v) is 3.77. The molecule has 21 heavy (non-hydrogen) atoms. The van der Waals surface area contributed by atoms with Crippen LogP contribution in [-0.4, -0.2) is 30.8 Å². The highest BCUT2D eigenvalue weighted by Crippen LogP contribution is 2.24. The van der Waals surface area contributed by atoms with Crippen LogP contribution in [0.4, 0.5) is 4.79 Å². The first-order valence-corrected chi connectivity index (χ1v) is 8.24. The Bertz CT molecular complexity index is 334. The Morgan fingerprint density at radius 3 is 2.67 bits per heavy atom. The number of allylic oxidation sites excluding steroid dienone is 1. The van der Waals surface area contributed by atoms with Gasteiger partial charge in [-0.1, -0.05) is 25.0 Å². The number of rotatable bonds is 6. The molecule has 2 unspecified atom stereocenters. The summed E-state index contributed by atoms with van der Waals surface area (Å²) in [5, 5.41) is 6.56. The van der Waals surface area contributed by atoms with Crippen molar-refractivity contribution in [2.75, 3.05) is 13.1 Å². The molecule has 0 aliphatic heterocycles. The van der Waals surface area contributed by atoms with Crippen LogP contribution in [0, 0.1) is 5.92 Å². The minimum Gasteiger partial charge on any atom is -0.444 e. The maximum absolute atomic E-state index is 11.7. The number of nitrogens with one attached hydrogen (secondary N) is 2. The van der Waals surface area contributed by atoms with Gasteiger partial charge in [0.05, 0.1) is 0 Å². The molecule has 0 heterocycles. The van der Waals surface area contributed by atoms with Gasteiger partial charge in [0.25, 0.3) is 0 Å². The van der Waals surface area contributed by atoms with Gasteiger partial charge in [-0.25, -0.2) is 4.79 Å². The predicted octanol–water partition coefficient (Wildman–Crippen LogP) is 3.63. The first kappa shape index (κ1) is 18.0. The summed E-state index contributed by atoms with van der Waals surface area (Å²) >= 11 is 0. The van der Waals surface area contributed by atoms with E-state index in [0.29, 0.717) is 18.5 Å². The molecule has 1 saturated carbocycles. The normalized spacial score (nSPS) is 23.2. The van der Waals surface area contributed by atoms with Gasteiger partial charge in [-0.15, -0.1) is 0 Å². The van der Waals surface area contributed by atoms with E-state index in [4.69, 9.17) is 4.74 Å². The van der Waals surface area contributed by atoms with Gasteiger partial charge >= 0.3 is 6.09 Å². The molecule has 0 aromatic rings. The number of ether oxygens (including phenoxy) is 1. The van der Waals surface area contributed by atoms with Crippen molar-refractivity contribution in [3.05, 3.63) is 12.2 Å². The van der Waals surface area contributed by atoms with Crippen LogP contribution in [0.3, 0.4) is 0 Å². The zero-order chi connectivity index (χ0) is 15.7. The fourth-order valence-electron chi connectivity index (χ4n) is 2.77. The molecule has 4 heteroatoms. The minimum absolute atomic E-state index is 0.305. The molecule has 0 spiro atoms. The van der Waals surface area contributed by atoms with E-state index in [-0.39, 0.29) is 6.09 Å². The van der Waals surface area contributed by atoms with E-state index in [1.807, 2.05) is 27.7 Å². The van der Waals surface area contributed by atoms with Gasteiger partial charge < -0.3 is 15.4 Å². The molecular formula is C17H32N2O2. The minimum atomic E-state index is -0.430. The van der Waals surface area contributed by atoms with E-state index in [1.165, 1.54) is 25.7 Å². The number of amides is 1. The summed E-state index contributed by atoms with van der Waals surface area (Å²) in [6.07, 6.45) is 9.96. The quantitative estimate of drug-likeness (QED) is 0.581. The van der Waals surface area contributed by atoms with E-state index < -0.39 is 5.60 Å². The molecule has 0 radical (unpaired) electrons. The monoisotopic (exact) mass is 296 g/mol. The summed E-state index contributed by atoms with van der Waals surface area (Å²) < 4.78 is 5.30. The van der Waals surface area contributed by atoms with Crippen LogP contribution in [0.15, 0.2) is 12.2 Å². The highest BCUT2D eigenvalue weighted by Gasteiger charge is 2.25. The largest absolute Gasteiger partial charge is 0.444 e. The summed E-state index contributed by atoms with van der Waals surface area (Å²) in [6, 6.07) is 0.513. The highest BCUT2D eigenvalue weighted by atomic mass is 16.6. The zero-order valence-corrected chi connectivity index (χ0v) is 14.1. The van der Waals surface area contributed by atoms with Gasteiger partial charge in [0, 0.05) is 12.6 Å². The lowest BCUT2D eigenvalue weighted by Gasteiger charge is -2.32. The molecule has 1 rings (SSSR count). The van der Waals surface area contributed by atoms with Crippen LogP contribution in [0.2, 0.25) is 0 Å². The summed E-state index contributed by atoms with van der Waals surface area (Å²) in [7, 11) is 0. The van der Waals surface area contributed by atoms with Crippen molar-refractivity contribution in [1.29, 1.82) is 0 Å². The van der Waals surface area contributed by atoms with Crippen molar-refractivity contribution in [2.45, 2.75) is 71.4 Å². The molecule has 0 bridgehead atoms. The van der Waals surface area contributed by atoms with Gasteiger partial charge in [-0.3, -0.25) is 0 Å². The molecule has 2 N–H and O–H groups in total. The first-order valence-electron chi connectivity index (χ1n) is 8.24. The Hall–Kier alpha value is -1.03. The zero-order valence-electron chi connectivity index (χ0n) is 14.1. The second kappa shape index (κ2) is 9.08. The number of alkyl carbamates (subject to hydrolysis) is 1. The van der Waals surface area contributed by atoms with Gasteiger partial charge in [0.1, 0.15) is 5.60 Å². The number of carbonyl (C=O) groups is 1. The fraction of sp³-hybridized carbons (Fsp3) is 0.824. The summed E-state index contributed by atoms with van der Waals surface area (Å²) in [5.41, 5.74) is -0.430. The predicted molar refractivity (Wildman–Crippen MR) is 87.4 cm³/mol. The average molecular weight is 296 g/mol. The van der Waals surface area contributed by atoms with Crippen molar-refractivity contribution < 1.29 is 9.53 Å². The lowest BCUT2D eigenvalue weighted by molar-refractivity contribution is 0.0511. The van der Waals surface area contributed by atoms with Gasteiger partial charge in [-0.2, -0.15) is 0 Å². The van der Waals surface area contributed by atoms with Crippen molar-refractivity contribution in [3.63, 3.8) is 0 Å². The lowest BCUT2D eigenvalue weighted by atomic mass is 9.84. The van der Waals surface area contributed by atoms with Crippen LogP contribution in [-0.2, 0) is 4.74 Å². The average Bonchev–Trinajstić information content (AvgIpc) is 2.40. The number of carbonyl (C=O) groups excluding carboxylic acids is 1. The Morgan fingerprint density at radius 1 is 1.29 bits per heavy atom. The smallest absolute Gasteiger partial charge is 0.407 e. The van der Waals surface area contributed by atoms with Crippen molar-refractivity contribution in [2.24, 2.45) is 5.92 Å². The summed E-state index contributed by atoms with van der Waals surface area (Å²) in [6.45, 7) is 9.43. The summed E-state index contributed by atoms with van der Waals surface area (Å²) in [5.74, 6) is 0.511. The van der Waals surface area contributed by atoms with E-state index in [1.54, 1.807) is 0 Å². The maximum Gasteiger partial charge on any atom is 0.407 e. The van der Waals surface area contributed by atoms with E-state index in [9.17, 15) is 4.79 Å². The molecule has 4 nitrogen and oxygen atoms in total. The molecule has 0 saturated heterocycles. The van der Waals surface area contributed by atoms with Crippen LogP contribution >= 0.6 is 0 Å². The van der Waals surface area contributed by atoms with Crippen LogP contribution in [0.1, 0.15) is 59.8 Å². The number of hydrogen-bond donors (Lipinski definition) is 2. The topological polar surface area (TPSA) is 50.4 Å². The Balaban J connectivity index is 2.33. The van der Waals surface area contributed by atoms with Crippen molar-refractivity contribution >= 4 is 6.09 Å². The van der Waals surface area contributed by atoms with Crippen LogP contribution < -0.4 is 10.6 Å². The molecule has 1 aliphatic rings. The van der Waals surface area contributed by atoms with Crippen molar-refractivity contribution in [3.8, 4) is 0 Å². The Kier molecular flexibility index (Phi) is 7.79. The fourth-order valence-corrected chi connectivity index (χ4v) is 2.77. The first-order chi connectivity index (χ1) is 9.92. The summed E-state index contributed by atoms with van der Waals surface area (Å²) in [4.78, 5) is 11.7. The molecule has 1 amide bonds. The van der Waals surface area contributed by atoms with E-state index >= 15 is 0 Å². The molecule has 0 aromatic heterocycles. The Labute approximate surface area is 129 Å². The molecular weight excluding hydrogens is 264 g/mol. The lowest BCUT2D eigenvalue weighted by Crippen LogP contribution is -2.45. The highest BCUT2D eigenvalue weighted by molar-refractivity contribution is 5.67. The molecule has 1 aliphatic carbocycles. The third-order valence-electron chi connectivity index (χ3n) is 3.77. The number of hydrogen-bond acceptors (Lipinski definition) is 3. The van der Waals surface area contributed by atoms with E-state index in [2.05, 4.69) is 22.8 Å². The van der Waals surface area contributed by atoms with Crippen LogP contribution in [0.5, 0.6) is 0 Å². The van der Waals surface area contributed by atoms with E-state index in [0.717, 1.165) is 13.0 Å². The molecule has 2 atom stereocenters. The van der Waals surface area contributed by atoms with Crippen molar-refractivity contribution in [1.82, 2.24) is 10.6 Å².